The van der Waals surface area contributed by atoms with Crippen molar-refractivity contribution >= 4 is 21.8 Å². The number of rotatable bonds is 2. The molecule has 0 radical (unpaired) electrons. The topological polar surface area (TPSA) is 20.3 Å². The predicted octanol–water partition coefficient (Wildman–Crippen LogP) is 2.81. The Morgan fingerprint density at radius 2 is 1.64 bits per heavy atom. The number of amides is 1. The van der Waals surface area contributed by atoms with Crippen LogP contribution in [0.25, 0.3) is 0 Å². The number of hydrogen-bond acceptors (Lipinski definition) is 1. The molecule has 0 spiro atoms. The zero-order chi connectivity index (χ0) is 10.6. The van der Waals surface area contributed by atoms with E-state index < -0.39 is 0 Å². The monoisotopic (exact) mass is 261 g/mol. The van der Waals surface area contributed by atoms with Crippen LogP contribution in [-0.4, -0.2) is 28.7 Å². The average Bonchev–Trinajstić information content (AvgIpc) is 2.43. The molecule has 0 aromatic rings. The molecule has 0 aromatic heterocycles. The minimum Gasteiger partial charge on any atom is -0.342 e. The van der Waals surface area contributed by atoms with Crippen LogP contribution in [-0.2, 0) is 4.79 Å². The smallest absolute Gasteiger partial charge is 0.236 e. The Hall–Kier alpha value is -0.0500. The van der Waals surface area contributed by atoms with Gasteiger partial charge in [0.15, 0.2) is 0 Å². The Bertz CT molecular complexity index is 186. The molecule has 3 heteroatoms. The average molecular weight is 262 g/mol. The van der Waals surface area contributed by atoms with Gasteiger partial charge in [0.05, 0.1) is 4.83 Å². The number of hydrogen-bond donors (Lipinski definition) is 0. The molecule has 14 heavy (non-hydrogen) atoms. The van der Waals surface area contributed by atoms with Gasteiger partial charge in [-0.05, 0) is 18.8 Å². The van der Waals surface area contributed by atoms with Crippen molar-refractivity contribution in [1.82, 2.24) is 4.90 Å². The van der Waals surface area contributed by atoms with Gasteiger partial charge in [-0.15, -0.1) is 0 Å². The van der Waals surface area contributed by atoms with E-state index in [4.69, 9.17) is 0 Å². The lowest BCUT2D eigenvalue weighted by Crippen LogP contribution is -2.39. The summed E-state index contributed by atoms with van der Waals surface area (Å²) in [6.45, 7) is 6.06. The normalized spacial score (nSPS) is 20.7. The van der Waals surface area contributed by atoms with Crippen LogP contribution < -0.4 is 0 Å². The summed E-state index contributed by atoms with van der Waals surface area (Å²) in [7, 11) is 0. The van der Waals surface area contributed by atoms with E-state index in [-0.39, 0.29) is 10.7 Å². The van der Waals surface area contributed by atoms with Crippen LogP contribution in [0.3, 0.4) is 0 Å². The zero-order valence-electron chi connectivity index (χ0n) is 9.13. The van der Waals surface area contributed by atoms with Crippen molar-refractivity contribution in [2.45, 2.75) is 44.4 Å². The number of halogens is 1. The molecule has 1 saturated heterocycles. The molecule has 1 heterocycles. The molecule has 1 unspecified atom stereocenters. The van der Waals surface area contributed by atoms with Gasteiger partial charge in [0.2, 0.25) is 5.91 Å². The Kier molecular flexibility index (Phi) is 4.93. The van der Waals surface area contributed by atoms with Gasteiger partial charge in [-0.25, -0.2) is 0 Å². The van der Waals surface area contributed by atoms with Crippen molar-refractivity contribution in [3.63, 3.8) is 0 Å². The maximum atomic E-state index is 12.0. The molecule has 1 aliphatic rings. The van der Waals surface area contributed by atoms with Gasteiger partial charge in [0, 0.05) is 13.1 Å². The summed E-state index contributed by atoms with van der Waals surface area (Å²) in [5.41, 5.74) is 0. The minimum atomic E-state index is 0.000556. The molecule has 82 valence electrons. The van der Waals surface area contributed by atoms with Gasteiger partial charge in [-0.1, -0.05) is 42.6 Å². The predicted molar refractivity (Wildman–Crippen MR) is 62.6 cm³/mol. The Morgan fingerprint density at radius 1 is 1.14 bits per heavy atom. The van der Waals surface area contributed by atoms with Gasteiger partial charge in [-0.2, -0.15) is 0 Å². The first-order valence-corrected chi connectivity index (χ1v) is 6.47. The molecule has 0 aromatic carbocycles. The first-order chi connectivity index (χ1) is 6.63. The van der Waals surface area contributed by atoms with E-state index >= 15 is 0 Å². The number of carbonyl (C=O) groups is 1. The van der Waals surface area contributed by atoms with Gasteiger partial charge in [0.1, 0.15) is 0 Å². The SMILES string of the molecule is CC(C)C(Br)C(=O)N1CCCCCC1. The van der Waals surface area contributed by atoms with Crippen LogP contribution in [0, 0.1) is 5.92 Å². The third kappa shape index (κ3) is 3.26. The van der Waals surface area contributed by atoms with Crippen molar-refractivity contribution in [2.75, 3.05) is 13.1 Å². The van der Waals surface area contributed by atoms with Crippen LogP contribution in [0.15, 0.2) is 0 Å². The summed E-state index contributed by atoms with van der Waals surface area (Å²) in [6.07, 6.45) is 4.89. The molecular formula is C11H20BrNO. The fraction of sp³-hybridized carbons (Fsp3) is 0.909. The first-order valence-electron chi connectivity index (χ1n) is 5.56. The van der Waals surface area contributed by atoms with Crippen molar-refractivity contribution in [3.05, 3.63) is 0 Å². The molecule has 0 aliphatic carbocycles. The molecule has 1 amide bonds. The van der Waals surface area contributed by atoms with E-state index in [0.717, 1.165) is 13.1 Å². The molecular weight excluding hydrogens is 242 g/mol. The number of nitrogens with zero attached hydrogens (tertiary/aromatic N) is 1. The van der Waals surface area contributed by atoms with Crippen LogP contribution in [0.2, 0.25) is 0 Å². The number of alkyl halides is 1. The van der Waals surface area contributed by atoms with Crippen molar-refractivity contribution < 1.29 is 4.79 Å². The molecule has 1 aliphatic heterocycles. The van der Waals surface area contributed by atoms with E-state index in [0.29, 0.717) is 5.92 Å². The zero-order valence-corrected chi connectivity index (χ0v) is 10.7. The maximum absolute atomic E-state index is 12.0. The van der Waals surface area contributed by atoms with Gasteiger partial charge < -0.3 is 4.90 Å². The maximum Gasteiger partial charge on any atom is 0.236 e. The summed E-state index contributed by atoms with van der Waals surface area (Å²) in [5, 5.41) is 0. The van der Waals surface area contributed by atoms with Crippen LogP contribution in [0.4, 0.5) is 0 Å². The summed E-state index contributed by atoms with van der Waals surface area (Å²) in [5.74, 6) is 0.660. The number of likely N-dealkylation sites (tertiary alicyclic amines) is 1. The van der Waals surface area contributed by atoms with E-state index in [1.165, 1.54) is 25.7 Å². The highest BCUT2D eigenvalue weighted by Crippen LogP contribution is 2.18. The standard InChI is InChI=1S/C11H20BrNO/c1-9(2)10(12)11(14)13-7-5-3-4-6-8-13/h9-10H,3-8H2,1-2H3. The highest BCUT2D eigenvalue weighted by atomic mass is 79.9. The summed E-state index contributed by atoms with van der Waals surface area (Å²) < 4.78 is 0. The minimum absolute atomic E-state index is 0.000556. The molecule has 1 rings (SSSR count). The molecule has 1 fully saturated rings. The lowest BCUT2D eigenvalue weighted by Gasteiger charge is -2.24. The van der Waals surface area contributed by atoms with E-state index in [9.17, 15) is 4.79 Å². The van der Waals surface area contributed by atoms with E-state index in [1.807, 2.05) is 4.90 Å². The highest BCUT2D eigenvalue weighted by molar-refractivity contribution is 9.10. The van der Waals surface area contributed by atoms with Crippen molar-refractivity contribution in [2.24, 2.45) is 5.92 Å². The molecule has 0 N–H and O–H groups in total. The summed E-state index contributed by atoms with van der Waals surface area (Å²) in [6, 6.07) is 0. The third-order valence-electron chi connectivity index (χ3n) is 2.74. The lowest BCUT2D eigenvalue weighted by molar-refractivity contribution is -0.131. The second-order valence-electron chi connectivity index (χ2n) is 4.39. The van der Waals surface area contributed by atoms with Gasteiger partial charge in [0.25, 0.3) is 0 Å². The Morgan fingerprint density at radius 3 is 2.07 bits per heavy atom. The summed E-state index contributed by atoms with van der Waals surface area (Å²) >= 11 is 3.48. The fourth-order valence-electron chi connectivity index (χ4n) is 1.75. The fourth-order valence-corrected chi connectivity index (χ4v) is 2.04. The largest absolute Gasteiger partial charge is 0.342 e. The highest BCUT2D eigenvalue weighted by Gasteiger charge is 2.24. The molecule has 0 bridgehead atoms. The van der Waals surface area contributed by atoms with Crippen molar-refractivity contribution in [1.29, 1.82) is 0 Å². The second kappa shape index (κ2) is 5.74. The van der Waals surface area contributed by atoms with Crippen molar-refractivity contribution in [3.8, 4) is 0 Å². The number of carbonyl (C=O) groups excluding carboxylic acids is 1. The van der Waals surface area contributed by atoms with Gasteiger partial charge >= 0.3 is 0 Å². The molecule has 1 atom stereocenters. The van der Waals surface area contributed by atoms with Crippen LogP contribution in [0.1, 0.15) is 39.5 Å². The van der Waals surface area contributed by atoms with E-state index in [2.05, 4.69) is 29.8 Å². The third-order valence-corrected chi connectivity index (χ3v) is 4.19. The lowest BCUT2D eigenvalue weighted by atomic mass is 10.1. The quantitative estimate of drug-likeness (QED) is 0.701. The second-order valence-corrected chi connectivity index (χ2v) is 5.37. The van der Waals surface area contributed by atoms with Crippen LogP contribution >= 0.6 is 15.9 Å². The Labute approximate surface area is 95.2 Å². The van der Waals surface area contributed by atoms with E-state index in [1.54, 1.807) is 0 Å². The Balaban J connectivity index is 2.49. The van der Waals surface area contributed by atoms with Crippen LogP contribution in [0.5, 0.6) is 0 Å². The molecule has 2 nitrogen and oxygen atoms in total. The van der Waals surface area contributed by atoms with Gasteiger partial charge in [-0.3, -0.25) is 4.79 Å². The first kappa shape index (κ1) is 12.0. The molecule has 0 saturated carbocycles. The summed E-state index contributed by atoms with van der Waals surface area (Å²) in [4.78, 5) is 14.0.